The van der Waals surface area contributed by atoms with Gasteiger partial charge in [0.2, 0.25) is 0 Å². The van der Waals surface area contributed by atoms with E-state index >= 15 is 0 Å². The Morgan fingerprint density at radius 1 is 1.06 bits per heavy atom. The van der Waals surface area contributed by atoms with Gasteiger partial charge >= 0.3 is 0 Å². The van der Waals surface area contributed by atoms with Gasteiger partial charge < -0.3 is 14.8 Å². The summed E-state index contributed by atoms with van der Waals surface area (Å²) in [7, 11) is 0. The first-order chi connectivity index (χ1) is 7.45. The van der Waals surface area contributed by atoms with Crippen molar-refractivity contribution in [1.29, 1.82) is 0 Å². The van der Waals surface area contributed by atoms with E-state index < -0.39 is 0 Å². The average Bonchev–Trinajstić information content (AvgIpc) is 2.19. The van der Waals surface area contributed by atoms with Crippen LogP contribution in [0.4, 0.5) is 0 Å². The van der Waals surface area contributed by atoms with Crippen molar-refractivity contribution >= 4 is 0 Å². The molecule has 1 unspecified atom stereocenters. The molecule has 0 aromatic heterocycles. The van der Waals surface area contributed by atoms with E-state index in [0.29, 0.717) is 19.1 Å². The normalized spacial score (nSPS) is 14.1. The molecule has 0 radical (unpaired) electrons. The number of rotatable bonds is 9. The molecular weight excluding hydrogens is 202 g/mol. The summed E-state index contributed by atoms with van der Waals surface area (Å²) in [5, 5.41) is 3.47. The Kier molecular flexibility index (Phi) is 8.90. The Morgan fingerprint density at radius 3 is 2.25 bits per heavy atom. The maximum atomic E-state index is 5.54. The number of nitrogens with one attached hydrogen (secondary N) is 1. The zero-order valence-electron chi connectivity index (χ0n) is 11.6. The molecule has 1 atom stereocenters. The fraction of sp³-hybridized carbons (Fsp3) is 1.00. The van der Waals surface area contributed by atoms with Gasteiger partial charge in [0.25, 0.3) is 0 Å². The lowest BCUT2D eigenvalue weighted by Crippen LogP contribution is -2.39. The van der Waals surface area contributed by atoms with Crippen LogP contribution < -0.4 is 5.32 Å². The molecule has 0 amide bonds. The second-order valence-corrected chi connectivity index (χ2v) is 5.42. The highest BCUT2D eigenvalue weighted by Gasteiger charge is 2.10. The maximum Gasteiger partial charge on any atom is 0.0700 e. The molecule has 0 spiro atoms. The summed E-state index contributed by atoms with van der Waals surface area (Å²) in [4.78, 5) is 0. The SMILES string of the molecule is CCCOCCOCC(C)CNC(C)(C)C. The minimum Gasteiger partial charge on any atom is -0.379 e. The van der Waals surface area contributed by atoms with E-state index in [2.05, 4.69) is 39.9 Å². The smallest absolute Gasteiger partial charge is 0.0700 e. The number of hydrogen-bond donors (Lipinski definition) is 1. The Bertz CT molecular complexity index is 155. The molecule has 3 heteroatoms. The summed E-state index contributed by atoms with van der Waals surface area (Å²) in [6, 6.07) is 0. The monoisotopic (exact) mass is 231 g/mol. The third-order valence-corrected chi connectivity index (χ3v) is 2.10. The lowest BCUT2D eigenvalue weighted by molar-refractivity contribution is 0.0352. The molecule has 98 valence electrons. The summed E-state index contributed by atoms with van der Waals surface area (Å²) < 4.78 is 10.9. The Hall–Kier alpha value is -0.120. The van der Waals surface area contributed by atoms with Gasteiger partial charge in [0, 0.05) is 18.7 Å². The standard InChI is InChI=1S/C13H29NO2/c1-6-7-15-8-9-16-11-12(2)10-14-13(3,4)5/h12,14H,6-11H2,1-5H3. The van der Waals surface area contributed by atoms with Gasteiger partial charge in [-0.15, -0.1) is 0 Å². The molecule has 0 aliphatic rings. The van der Waals surface area contributed by atoms with Crippen LogP contribution in [0.1, 0.15) is 41.0 Å². The summed E-state index contributed by atoms with van der Waals surface area (Å²) in [5.74, 6) is 0.547. The molecule has 1 N–H and O–H groups in total. The molecule has 0 aromatic rings. The van der Waals surface area contributed by atoms with Gasteiger partial charge in [-0.05, 0) is 33.1 Å². The second-order valence-electron chi connectivity index (χ2n) is 5.42. The van der Waals surface area contributed by atoms with Crippen molar-refractivity contribution in [1.82, 2.24) is 5.32 Å². The second kappa shape index (κ2) is 8.97. The molecule has 0 aromatic carbocycles. The van der Waals surface area contributed by atoms with Crippen LogP contribution in [0.3, 0.4) is 0 Å². The van der Waals surface area contributed by atoms with Crippen LogP contribution in [0.2, 0.25) is 0 Å². The van der Waals surface area contributed by atoms with Gasteiger partial charge in [-0.25, -0.2) is 0 Å². The molecule has 0 heterocycles. The van der Waals surface area contributed by atoms with E-state index in [1.165, 1.54) is 0 Å². The first-order valence-electron chi connectivity index (χ1n) is 6.36. The molecule has 0 saturated heterocycles. The van der Waals surface area contributed by atoms with Crippen LogP contribution in [0.25, 0.3) is 0 Å². The molecule has 0 aliphatic heterocycles. The predicted octanol–water partition coefficient (Wildman–Crippen LogP) is 2.45. The first-order valence-corrected chi connectivity index (χ1v) is 6.36. The number of hydrogen-bond acceptors (Lipinski definition) is 3. The van der Waals surface area contributed by atoms with Gasteiger partial charge in [-0.1, -0.05) is 13.8 Å². The minimum absolute atomic E-state index is 0.193. The average molecular weight is 231 g/mol. The van der Waals surface area contributed by atoms with Crippen molar-refractivity contribution < 1.29 is 9.47 Å². The van der Waals surface area contributed by atoms with Crippen LogP contribution in [0.5, 0.6) is 0 Å². The molecule has 0 aliphatic carbocycles. The van der Waals surface area contributed by atoms with Gasteiger partial charge in [-0.2, -0.15) is 0 Å². The minimum atomic E-state index is 0.193. The molecule has 3 nitrogen and oxygen atoms in total. The van der Waals surface area contributed by atoms with Gasteiger partial charge in [0.1, 0.15) is 0 Å². The van der Waals surface area contributed by atoms with Gasteiger partial charge in [-0.3, -0.25) is 0 Å². The maximum absolute atomic E-state index is 5.54. The Morgan fingerprint density at radius 2 is 1.69 bits per heavy atom. The van der Waals surface area contributed by atoms with Crippen molar-refractivity contribution in [2.45, 2.75) is 46.6 Å². The van der Waals surface area contributed by atoms with Crippen molar-refractivity contribution in [2.75, 3.05) is 33.0 Å². The Labute approximate surface area is 101 Å². The van der Waals surface area contributed by atoms with Crippen LogP contribution >= 0.6 is 0 Å². The first kappa shape index (κ1) is 15.9. The van der Waals surface area contributed by atoms with E-state index in [4.69, 9.17) is 9.47 Å². The summed E-state index contributed by atoms with van der Waals surface area (Å²) in [5.41, 5.74) is 0.193. The summed E-state index contributed by atoms with van der Waals surface area (Å²) in [6.45, 7) is 14.9. The quantitative estimate of drug-likeness (QED) is 0.618. The number of ether oxygens (including phenoxy) is 2. The van der Waals surface area contributed by atoms with Crippen molar-refractivity contribution in [3.63, 3.8) is 0 Å². The van der Waals surface area contributed by atoms with E-state index in [1.807, 2.05) is 0 Å². The van der Waals surface area contributed by atoms with Gasteiger partial charge in [0.05, 0.1) is 19.8 Å². The van der Waals surface area contributed by atoms with Crippen LogP contribution in [0, 0.1) is 5.92 Å². The zero-order chi connectivity index (χ0) is 12.4. The van der Waals surface area contributed by atoms with Crippen molar-refractivity contribution in [3.05, 3.63) is 0 Å². The van der Waals surface area contributed by atoms with E-state index in [-0.39, 0.29) is 5.54 Å². The highest BCUT2D eigenvalue weighted by Crippen LogP contribution is 2.01. The third kappa shape index (κ3) is 12.0. The zero-order valence-corrected chi connectivity index (χ0v) is 11.6. The molecule has 0 rings (SSSR count). The summed E-state index contributed by atoms with van der Waals surface area (Å²) in [6.07, 6.45) is 1.08. The highest BCUT2D eigenvalue weighted by atomic mass is 16.5. The summed E-state index contributed by atoms with van der Waals surface area (Å²) >= 11 is 0. The van der Waals surface area contributed by atoms with Crippen LogP contribution in [-0.4, -0.2) is 38.5 Å². The fourth-order valence-corrected chi connectivity index (χ4v) is 1.19. The lowest BCUT2D eigenvalue weighted by Gasteiger charge is -2.23. The largest absolute Gasteiger partial charge is 0.379 e. The molecule has 0 fully saturated rings. The third-order valence-electron chi connectivity index (χ3n) is 2.10. The van der Waals surface area contributed by atoms with Gasteiger partial charge in [0.15, 0.2) is 0 Å². The van der Waals surface area contributed by atoms with E-state index in [0.717, 1.165) is 26.2 Å². The lowest BCUT2D eigenvalue weighted by atomic mass is 10.1. The topological polar surface area (TPSA) is 30.5 Å². The molecular formula is C13H29NO2. The highest BCUT2D eigenvalue weighted by molar-refractivity contribution is 4.71. The van der Waals surface area contributed by atoms with E-state index in [9.17, 15) is 0 Å². The fourth-order valence-electron chi connectivity index (χ4n) is 1.19. The Balaban J connectivity index is 3.27. The molecule has 0 bridgehead atoms. The van der Waals surface area contributed by atoms with E-state index in [1.54, 1.807) is 0 Å². The predicted molar refractivity (Wildman–Crippen MR) is 68.8 cm³/mol. The van der Waals surface area contributed by atoms with Crippen molar-refractivity contribution in [2.24, 2.45) is 5.92 Å². The molecule has 0 saturated carbocycles. The molecule has 16 heavy (non-hydrogen) atoms. The van der Waals surface area contributed by atoms with Crippen LogP contribution in [0.15, 0.2) is 0 Å². The van der Waals surface area contributed by atoms with Crippen LogP contribution in [-0.2, 0) is 9.47 Å². The van der Waals surface area contributed by atoms with Crippen molar-refractivity contribution in [3.8, 4) is 0 Å².